The molecule has 32 heavy (non-hydrogen) atoms. The lowest BCUT2D eigenvalue weighted by molar-refractivity contribution is -0.189. The first-order chi connectivity index (χ1) is 14.8. The van der Waals surface area contributed by atoms with Crippen LogP contribution in [0.1, 0.15) is 107 Å². The quantitative estimate of drug-likeness (QED) is 0.448. The molecule has 0 aromatic heterocycles. The average molecular weight is 443 g/mol. The van der Waals surface area contributed by atoms with E-state index in [1.807, 2.05) is 0 Å². The van der Waals surface area contributed by atoms with Gasteiger partial charge in [-0.25, -0.2) is 0 Å². The maximum absolute atomic E-state index is 11.4. The Morgan fingerprint density at radius 3 is 2.41 bits per heavy atom. The Labute approximate surface area is 198 Å². The zero-order valence-corrected chi connectivity index (χ0v) is 22.2. The fraction of sp³-hybridized carbons (Fsp3) is 0.867. The normalized spacial score (nSPS) is 48.2. The molecule has 2 heteroatoms. The van der Waals surface area contributed by atoms with Crippen LogP contribution in [0.15, 0.2) is 23.3 Å². The minimum absolute atomic E-state index is 0.121. The van der Waals surface area contributed by atoms with Gasteiger partial charge in [0.25, 0.3) is 0 Å². The molecule has 0 radical (unpaired) electrons. The summed E-state index contributed by atoms with van der Waals surface area (Å²) in [6, 6.07) is 0. The van der Waals surface area contributed by atoms with Gasteiger partial charge in [0.05, 0.1) is 12.2 Å². The van der Waals surface area contributed by atoms with Gasteiger partial charge in [-0.1, -0.05) is 64.8 Å². The highest BCUT2D eigenvalue weighted by Crippen LogP contribution is 2.73. The molecule has 3 fully saturated rings. The van der Waals surface area contributed by atoms with Gasteiger partial charge in [0.15, 0.2) is 0 Å². The molecule has 0 saturated heterocycles. The van der Waals surface area contributed by atoms with E-state index in [0.29, 0.717) is 23.7 Å². The van der Waals surface area contributed by atoms with Crippen molar-refractivity contribution in [3.63, 3.8) is 0 Å². The van der Waals surface area contributed by atoms with Crippen molar-refractivity contribution in [3.05, 3.63) is 23.3 Å². The van der Waals surface area contributed by atoms with Crippen LogP contribution in [0, 0.1) is 45.3 Å². The second-order valence-electron chi connectivity index (χ2n) is 13.7. The molecule has 4 aliphatic carbocycles. The first kappa shape index (κ1) is 24.5. The highest BCUT2D eigenvalue weighted by atomic mass is 16.3. The van der Waals surface area contributed by atoms with Crippen LogP contribution in [-0.2, 0) is 0 Å². The molecule has 9 atom stereocenters. The molecule has 2 N–H and O–H groups in total. The van der Waals surface area contributed by atoms with E-state index in [4.69, 9.17) is 0 Å². The SMILES string of the molecule is CC(C)=CCC[C@@H](C)[C@@H]1CC[C@]2(C)C3=CC[C@H]4C(C)(C)[C@@H](O)C[C@@H](O)[C@]4(C)[C@@H]3CC[C@@]12C. The molecule has 0 heterocycles. The highest BCUT2D eigenvalue weighted by Gasteiger charge is 2.67. The summed E-state index contributed by atoms with van der Waals surface area (Å²) in [6.07, 6.45) is 13.4. The minimum atomic E-state index is -0.410. The summed E-state index contributed by atoms with van der Waals surface area (Å²) in [5.74, 6) is 2.35. The van der Waals surface area contributed by atoms with Gasteiger partial charge in [-0.15, -0.1) is 0 Å². The van der Waals surface area contributed by atoms with E-state index in [9.17, 15) is 10.2 Å². The number of hydrogen-bond donors (Lipinski definition) is 2. The van der Waals surface area contributed by atoms with Crippen LogP contribution in [0.3, 0.4) is 0 Å². The Hall–Kier alpha value is -0.600. The fourth-order valence-electron chi connectivity index (χ4n) is 9.45. The van der Waals surface area contributed by atoms with Crippen LogP contribution in [0.5, 0.6) is 0 Å². The molecule has 0 bridgehead atoms. The number of fused-ring (bicyclic) bond motifs is 5. The number of aliphatic hydroxyl groups is 2. The first-order valence-electron chi connectivity index (χ1n) is 13.5. The van der Waals surface area contributed by atoms with E-state index < -0.39 is 12.2 Å². The molecule has 0 aromatic rings. The van der Waals surface area contributed by atoms with Crippen LogP contribution in [0.4, 0.5) is 0 Å². The van der Waals surface area contributed by atoms with Gasteiger partial charge < -0.3 is 10.2 Å². The van der Waals surface area contributed by atoms with Crippen molar-refractivity contribution in [1.82, 2.24) is 0 Å². The average Bonchev–Trinajstić information content (AvgIpc) is 2.98. The summed E-state index contributed by atoms with van der Waals surface area (Å²) >= 11 is 0. The third kappa shape index (κ3) is 3.25. The molecule has 182 valence electrons. The van der Waals surface area contributed by atoms with Gasteiger partial charge in [0.1, 0.15) is 0 Å². The van der Waals surface area contributed by atoms with Gasteiger partial charge in [0, 0.05) is 11.8 Å². The van der Waals surface area contributed by atoms with E-state index in [1.54, 1.807) is 5.57 Å². The number of hydrogen-bond acceptors (Lipinski definition) is 2. The topological polar surface area (TPSA) is 40.5 Å². The molecular weight excluding hydrogens is 392 g/mol. The molecule has 0 aromatic carbocycles. The van der Waals surface area contributed by atoms with Crippen molar-refractivity contribution in [2.24, 2.45) is 45.3 Å². The van der Waals surface area contributed by atoms with Gasteiger partial charge >= 0.3 is 0 Å². The Bertz CT molecular complexity index is 789. The van der Waals surface area contributed by atoms with Gasteiger partial charge in [-0.3, -0.25) is 0 Å². The van der Waals surface area contributed by atoms with Gasteiger partial charge in [-0.05, 0) is 98.7 Å². The summed E-state index contributed by atoms with van der Waals surface area (Å²) in [4.78, 5) is 0. The number of rotatable bonds is 4. The Balaban J connectivity index is 1.65. The fourth-order valence-corrected chi connectivity index (χ4v) is 9.45. The lowest BCUT2D eigenvalue weighted by Gasteiger charge is -2.65. The van der Waals surface area contributed by atoms with Crippen molar-refractivity contribution >= 4 is 0 Å². The number of aliphatic hydroxyl groups excluding tert-OH is 2. The van der Waals surface area contributed by atoms with Crippen LogP contribution in [0.25, 0.3) is 0 Å². The van der Waals surface area contributed by atoms with Gasteiger partial charge in [-0.2, -0.15) is 0 Å². The first-order valence-corrected chi connectivity index (χ1v) is 13.5. The van der Waals surface area contributed by atoms with Crippen LogP contribution in [0.2, 0.25) is 0 Å². The van der Waals surface area contributed by atoms with Crippen LogP contribution >= 0.6 is 0 Å². The predicted molar refractivity (Wildman–Crippen MR) is 134 cm³/mol. The smallest absolute Gasteiger partial charge is 0.0627 e. The lowest BCUT2D eigenvalue weighted by Crippen LogP contribution is -2.63. The van der Waals surface area contributed by atoms with Crippen molar-refractivity contribution in [2.75, 3.05) is 0 Å². The van der Waals surface area contributed by atoms with E-state index in [-0.39, 0.29) is 16.2 Å². The predicted octanol–water partition coefficient (Wildman–Crippen LogP) is 7.31. The summed E-state index contributed by atoms with van der Waals surface area (Å²) in [6.45, 7) is 19.0. The van der Waals surface area contributed by atoms with E-state index in [1.165, 1.54) is 44.1 Å². The Morgan fingerprint density at radius 2 is 1.75 bits per heavy atom. The monoisotopic (exact) mass is 442 g/mol. The molecule has 4 rings (SSSR count). The van der Waals surface area contributed by atoms with E-state index in [2.05, 4.69) is 67.5 Å². The molecule has 0 amide bonds. The van der Waals surface area contributed by atoms with Crippen molar-refractivity contribution in [1.29, 1.82) is 0 Å². The molecule has 0 spiro atoms. The summed E-state index contributed by atoms with van der Waals surface area (Å²) in [5, 5.41) is 22.2. The Morgan fingerprint density at radius 1 is 1.06 bits per heavy atom. The summed E-state index contributed by atoms with van der Waals surface area (Å²) < 4.78 is 0. The van der Waals surface area contributed by atoms with Crippen LogP contribution < -0.4 is 0 Å². The highest BCUT2D eigenvalue weighted by molar-refractivity contribution is 5.34. The molecular formula is C30H50O2. The van der Waals surface area contributed by atoms with Crippen molar-refractivity contribution < 1.29 is 10.2 Å². The summed E-state index contributed by atoms with van der Waals surface area (Å²) in [5.41, 5.74) is 3.46. The third-order valence-corrected chi connectivity index (χ3v) is 11.9. The van der Waals surface area contributed by atoms with Gasteiger partial charge in [0.2, 0.25) is 0 Å². The molecule has 4 aliphatic rings. The second-order valence-corrected chi connectivity index (χ2v) is 13.7. The van der Waals surface area contributed by atoms with Crippen LogP contribution in [-0.4, -0.2) is 22.4 Å². The third-order valence-electron chi connectivity index (χ3n) is 11.9. The molecule has 0 unspecified atom stereocenters. The van der Waals surface area contributed by atoms with E-state index >= 15 is 0 Å². The lowest BCUT2D eigenvalue weighted by atomic mass is 9.40. The summed E-state index contributed by atoms with van der Waals surface area (Å²) in [7, 11) is 0. The van der Waals surface area contributed by atoms with Crippen molar-refractivity contribution in [2.45, 2.75) is 119 Å². The zero-order chi connectivity index (χ0) is 23.7. The second kappa shape index (κ2) is 7.98. The molecule has 2 nitrogen and oxygen atoms in total. The van der Waals surface area contributed by atoms with E-state index in [0.717, 1.165) is 18.3 Å². The zero-order valence-electron chi connectivity index (χ0n) is 22.2. The minimum Gasteiger partial charge on any atom is -0.392 e. The maximum Gasteiger partial charge on any atom is 0.0627 e. The maximum atomic E-state index is 11.4. The largest absolute Gasteiger partial charge is 0.392 e. The molecule has 0 aliphatic heterocycles. The Kier molecular flexibility index (Phi) is 6.11. The number of allylic oxidation sites excluding steroid dienone is 4. The standard InChI is InChI=1S/C30H50O2/c1-19(2)10-9-11-20(3)21-14-16-29(7)22-12-13-24-27(4,5)25(31)18-26(32)30(24,8)23(22)15-17-28(21,29)6/h10,12,20-21,23-26,31-32H,9,11,13-18H2,1-8H3/t20-,21+,23-,24+,25+,26-,28+,29-,30-/m1/s1. The van der Waals surface area contributed by atoms with Crippen molar-refractivity contribution in [3.8, 4) is 0 Å². The molecule has 3 saturated carbocycles.